The van der Waals surface area contributed by atoms with Crippen molar-refractivity contribution in [3.05, 3.63) is 47.3 Å². The molecule has 0 unspecified atom stereocenters. The number of hydrogen-bond donors (Lipinski definition) is 3. The van der Waals surface area contributed by atoms with E-state index in [2.05, 4.69) is 20.8 Å². The first-order valence-electron chi connectivity index (χ1n) is 6.21. The average molecular weight is 272 g/mol. The Morgan fingerprint density at radius 2 is 1.95 bits per heavy atom. The van der Waals surface area contributed by atoms with Crippen LogP contribution in [0.4, 0.5) is 5.69 Å². The number of nitrogens with zero attached hydrogens (tertiary/aromatic N) is 1. The predicted molar refractivity (Wildman–Crippen MR) is 75.2 cm³/mol. The third-order valence-corrected chi connectivity index (χ3v) is 2.84. The molecule has 20 heavy (non-hydrogen) atoms. The number of carbonyl (C=O) groups excluding carboxylic acids is 2. The summed E-state index contributed by atoms with van der Waals surface area (Å²) in [5.74, 6) is -0.308. The number of rotatable bonds is 4. The first-order valence-corrected chi connectivity index (χ1v) is 6.21. The largest absolute Gasteiger partial charge is 0.348 e. The van der Waals surface area contributed by atoms with Gasteiger partial charge in [0.05, 0.1) is 6.20 Å². The summed E-state index contributed by atoms with van der Waals surface area (Å²) < 4.78 is 0. The fourth-order valence-electron chi connectivity index (χ4n) is 1.74. The van der Waals surface area contributed by atoms with Crippen molar-refractivity contribution >= 4 is 17.5 Å². The lowest BCUT2D eigenvalue weighted by Gasteiger charge is -2.06. The van der Waals surface area contributed by atoms with Crippen LogP contribution in [-0.4, -0.2) is 22.0 Å². The lowest BCUT2D eigenvalue weighted by molar-refractivity contribution is -0.114. The molecule has 2 aromatic rings. The number of benzene rings is 1. The summed E-state index contributed by atoms with van der Waals surface area (Å²) in [7, 11) is 0. The molecule has 6 nitrogen and oxygen atoms in total. The zero-order valence-electron chi connectivity index (χ0n) is 11.4. The molecule has 0 spiro atoms. The minimum atomic E-state index is -0.167. The van der Waals surface area contributed by atoms with Crippen molar-refractivity contribution in [3.63, 3.8) is 0 Å². The van der Waals surface area contributed by atoms with Gasteiger partial charge < -0.3 is 10.6 Å². The van der Waals surface area contributed by atoms with Gasteiger partial charge in [-0.2, -0.15) is 5.10 Å². The third kappa shape index (κ3) is 3.44. The summed E-state index contributed by atoms with van der Waals surface area (Å²) in [6.07, 6.45) is 1.69. The van der Waals surface area contributed by atoms with Crippen molar-refractivity contribution in [1.29, 1.82) is 0 Å². The first kappa shape index (κ1) is 13.8. The lowest BCUT2D eigenvalue weighted by atomic mass is 10.2. The Hall–Kier alpha value is -2.63. The van der Waals surface area contributed by atoms with Crippen LogP contribution in [0.2, 0.25) is 0 Å². The number of amides is 2. The maximum absolute atomic E-state index is 12.0. The fraction of sp³-hybridized carbons (Fsp3) is 0.214. The van der Waals surface area contributed by atoms with Gasteiger partial charge >= 0.3 is 0 Å². The standard InChI is InChI=1S/C14H16N4O2/c1-9-12(8-16-18-9)7-15-14(20)11-3-5-13(6-4-11)17-10(2)19/h3-6,8H,7H2,1-2H3,(H,15,20)(H,16,18)(H,17,19). The highest BCUT2D eigenvalue weighted by atomic mass is 16.2. The number of H-pyrrole nitrogens is 1. The minimum Gasteiger partial charge on any atom is -0.348 e. The van der Waals surface area contributed by atoms with E-state index in [9.17, 15) is 9.59 Å². The summed E-state index contributed by atoms with van der Waals surface area (Å²) in [6, 6.07) is 6.73. The molecule has 0 aliphatic rings. The van der Waals surface area contributed by atoms with Crippen LogP contribution >= 0.6 is 0 Å². The third-order valence-electron chi connectivity index (χ3n) is 2.84. The van der Waals surface area contributed by atoms with E-state index < -0.39 is 0 Å². The summed E-state index contributed by atoms with van der Waals surface area (Å²) >= 11 is 0. The van der Waals surface area contributed by atoms with Gasteiger partial charge in [0.25, 0.3) is 5.91 Å². The number of nitrogens with one attached hydrogen (secondary N) is 3. The molecule has 104 valence electrons. The van der Waals surface area contributed by atoms with Gasteiger partial charge in [0, 0.05) is 36.0 Å². The van der Waals surface area contributed by atoms with E-state index in [0.717, 1.165) is 11.3 Å². The van der Waals surface area contributed by atoms with E-state index in [0.29, 0.717) is 17.8 Å². The highest BCUT2D eigenvalue weighted by Crippen LogP contribution is 2.10. The zero-order valence-corrected chi connectivity index (χ0v) is 11.4. The van der Waals surface area contributed by atoms with Crippen molar-refractivity contribution in [2.75, 3.05) is 5.32 Å². The van der Waals surface area contributed by atoms with Gasteiger partial charge in [-0.05, 0) is 31.2 Å². The molecule has 0 bridgehead atoms. The summed E-state index contributed by atoms with van der Waals surface area (Å²) in [5, 5.41) is 12.2. The molecule has 6 heteroatoms. The molecule has 1 aromatic heterocycles. The van der Waals surface area contributed by atoms with Crippen molar-refractivity contribution in [2.45, 2.75) is 20.4 Å². The van der Waals surface area contributed by atoms with Crippen LogP contribution in [0, 0.1) is 6.92 Å². The second-order valence-corrected chi connectivity index (χ2v) is 4.46. The van der Waals surface area contributed by atoms with Gasteiger partial charge in [-0.15, -0.1) is 0 Å². The normalized spacial score (nSPS) is 10.1. The SMILES string of the molecule is CC(=O)Nc1ccc(C(=O)NCc2cn[nH]c2C)cc1. The Labute approximate surface area is 116 Å². The molecule has 2 amide bonds. The molecule has 0 atom stereocenters. The molecule has 1 aromatic carbocycles. The number of aromatic nitrogens is 2. The van der Waals surface area contributed by atoms with Crippen LogP contribution in [0.1, 0.15) is 28.5 Å². The van der Waals surface area contributed by atoms with Gasteiger partial charge in [-0.3, -0.25) is 14.7 Å². The predicted octanol–water partition coefficient (Wildman–Crippen LogP) is 1.61. The summed E-state index contributed by atoms with van der Waals surface area (Å²) in [5.41, 5.74) is 3.10. The van der Waals surface area contributed by atoms with Crippen LogP contribution in [0.25, 0.3) is 0 Å². The molecule has 0 saturated carbocycles. The smallest absolute Gasteiger partial charge is 0.251 e. The van der Waals surface area contributed by atoms with Crippen LogP contribution in [-0.2, 0) is 11.3 Å². The molecule has 0 radical (unpaired) electrons. The molecular formula is C14H16N4O2. The Morgan fingerprint density at radius 1 is 1.25 bits per heavy atom. The molecular weight excluding hydrogens is 256 g/mol. The van der Waals surface area contributed by atoms with Crippen LogP contribution in [0.5, 0.6) is 0 Å². The second-order valence-electron chi connectivity index (χ2n) is 4.46. The van der Waals surface area contributed by atoms with E-state index >= 15 is 0 Å². The number of aromatic amines is 1. The topological polar surface area (TPSA) is 86.9 Å². The number of aryl methyl sites for hydroxylation is 1. The highest BCUT2D eigenvalue weighted by molar-refractivity contribution is 5.95. The van der Waals surface area contributed by atoms with Gasteiger partial charge in [0.1, 0.15) is 0 Å². The molecule has 0 saturated heterocycles. The number of anilines is 1. The van der Waals surface area contributed by atoms with Gasteiger partial charge in [-0.1, -0.05) is 0 Å². The van der Waals surface area contributed by atoms with Gasteiger partial charge in [0.15, 0.2) is 0 Å². The minimum absolute atomic E-state index is 0.141. The Kier molecular flexibility index (Phi) is 4.14. The summed E-state index contributed by atoms with van der Waals surface area (Å²) in [4.78, 5) is 22.9. The average Bonchev–Trinajstić information content (AvgIpc) is 2.82. The molecule has 0 fully saturated rings. The maximum Gasteiger partial charge on any atom is 0.251 e. The van der Waals surface area contributed by atoms with E-state index in [1.165, 1.54) is 6.92 Å². The molecule has 1 heterocycles. The molecule has 0 aliphatic carbocycles. The molecule has 0 aliphatic heterocycles. The van der Waals surface area contributed by atoms with Crippen LogP contribution in [0.15, 0.2) is 30.5 Å². The molecule has 2 rings (SSSR count). The number of hydrogen-bond acceptors (Lipinski definition) is 3. The van der Waals surface area contributed by atoms with E-state index in [1.807, 2.05) is 6.92 Å². The van der Waals surface area contributed by atoms with E-state index in [4.69, 9.17) is 0 Å². The fourth-order valence-corrected chi connectivity index (χ4v) is 1.74. The quantitative estimate of drug-likeness (QED) is 0.790. The Balaban J connectivity index is 1.95. The van der Waals surface area contributed by atoms with Crippen LogP contribution in [0.3, 0.4) is 0 Å². The van der Waals surface area contributed by atoms with Crippen molar-refractivity contribution < 1.29 is 9.59 Å². The Bertz CT molecular complexity index is 616. The monoisotopic (exact) mass is 272 g/mol. The Morgan fingerprint density at radius 3 is 2.50 bits per heavy atom. The van der Waals surface area contributed by atoms with Gasteiger partial charge in [-0.25, -0.2) is 0 Å². The van der Waals surface area contributed by atoms with E-state index in [1.54, 1.807) is 30.5 Å². The van der Waals surface area contributed by atoms with Crippen molar-refractivity contribution in [1.82, 2.24) is 15.5 Å². The van der Waals surface area contributed by atoms with Crippen molar-refractivity contribution in [3.8, 4) is 0 Å². The second kappa shape index (κ2) is 6.01. The highest BCUT2D eigenvalue weighted by Gasteiger charge is 2.07. The van der Waals surface area contributed by atoms with Gasteiger partial charge in [0.2, 0.25) is 5.91 Å². The molecule has 3 N–H and O–H groups in total. The first-order chi connectivity index (χ1) is 9.56. The summed E-state index contributed by atoms with van der Waals surface area (Å²) in [6.45, 7) is 3.76. The lowest BCUT2D eigenvalue weighted by Crippen LogP contribution is -2.22. The maximum atomic E-state index is 12.0. The van der Waals surface area contributed by atoms with Crippen LogP contribution < -0.4 is 10.6 Å². The zero-order chi connectivity index (χ0) is 14.5. The van der Waals surface area contributed by atoms with E-state index in [-0.39, 0.29) is 11.8 Å². The van der Waals surface area contributed by atoms with Crippen molar-refractivity contribution in [2.24, 2.45) is 0 Å². The number of carbonyl (C=O) groups is 2.